The summed E-state index contributed by atoms with van der Waals surface area (Å²) >= 11 is 11.7. The number of nitrogens with zero attached hydrogens (tertiary/aromatic N) is 2. The van der Waals surface area contributed by atoms with Crippen LogP contribution >= 0.6 is 23.2 Å². The van der Waals surface area contributed by atoms with Crippen molar-refractivity contribution in [3.05, 3.63) is 52.5 Å². The van der Waals surface area contributed by atoms with Crippen molar-refractivity contribution < 1.29 is 0 Å². The lowest BCUT2D eigenvalue weighted by Crippen LogP contribution is -1.97. The Hall–Kier alpha value is -0.990. The van der Waals surface area contributed by atoms with Gasteiger partial charge in [-0.05, 0) is 17.7 Å². The van der Waals surface area contributed by atoms with Crippen LogP contribution < -0.4 is 0 Å². The van der Waals surface area contributed by atoms with Crippen molar-refractivity contribution in [1.82, 2.24) is 9.55 Å². The van der Waals surface area contributed by atoms with Crippen LogP contribution in [-0.2, 0) is 6.54 Å². The summed E-state index contributed by atoms with van der Waals surface area (Å²) in [7, 11) is 0. The Kier molecular flexibility index (Phi) is 2.75. The first-order valence-corrected chi connectivity index (χ1v) is 4.91. The second-order valence-electron chi connectivity index (χ2n) is 2.97. The topological polar surface area (TPSA) is 17.8 Å². The van der Waals surface area contributed by atoms with Crippen molar-refractivity contribution in [2.45, 2.75) is 6.54 Å². The van der Waals surface area contributed by atoms with E-state index in [1.165, 1.54) is 0 Å². The van der Waals surface area contributed by atoms with Crippen LogP contribution in [0.2, 0.25) is 10.2 Å². The molecular weight excluding hydrogens is 219 g/mol. The average molecular weight is 227 g/mol. The summed E-state index contributed by atoms with van der Waals surface area (Å²) in [6, 6.07) is 7.67. The van der Waals surface area contributed by atoms with E-state index in [-0.39, 0.29) is 0 Å². The molecule has 2 rings (SSSR count). The molecule has 0 aliphatic rings. The molecule has 1 heterocycles. The minimum atomic E-state index is 0.639. The van der Waals surface area contributed by atoms with Crippen LogP contribution in [0.25, 0.3) is 0 Å². The first-order valence-electron chi connectivity index (χ1n) is 4.16. The number of aromatic nitrogens is 2. The Morgan fingerprint density at radius 1 is 1.14 bits per heavy atom. The van der Waals surface area contributed by atoms with Gasteiger partial charge in [0.25, 0.3) is 0 Å². The maximum atomic E-state index is 5.90. The molecule has 0 N–H and O–H groups in total. The van der Waals surface area contributed by atoms with Crippen molar-refractivity contribution in [2.75, 3.05) is 0 Å². The fourth-order valence-electron chi connectivity index (χ4n) is 1.21. The quantitative estimate of drug-likeness (QED) is 0.769. The van der Waals surface area contributed by atoms with Gasteiger partial charge in [-0.25, -0.2) is 4.98 Å². The highest BCUT2D eigenvalue weighted by atomic mass is 35.5. The molecule has 0 bridgehead atoms. The molecule has 2 nitrogen and oxygen atoms in total. The number of imidazole rings is 1. The van der Waals surface area contributed by atoms with E-state index in [0.717, 1.165) is 17.1 Å². The smallest absolute Gasteiger partial charge is 0.128 e. The van der Waals surface area contributed by atoms with E-state index >= 15 is 0 Å². The third-order valence-electron chi connectivity index (χ3n) is 1.93. The van der Waals surface area contributed by atoms with Crippen molar-refractivity contribution in [3.8, 4) is 0 Å². The van der Waals surface area contributed by atoms with E-state index < -0.39 is 0 Å². The molecule has 4 heteroatoms. The lowest BCUT2D eigenvalue weighted by Gasteiger charge is -2.03. The zero-order valence-electron chi connectivity index (χ0n) is 7.32. The molecule has 0 unspecified atom stereocenters. The van der Waals surface area contributed by atoms with E-state index in [4.69, 9.17) is 23.2 Å². The van der Waals surface area contributed by atoms with Gasteiger partial charge >= 0.3 is 0 Å². The highest BCUT2D eigenvalue weighted by Crippen LogP contribution is 2.13. The van der Waals surface area contributed by atoms with E-state index in [1.807, 2.05) is 28.8 Å². The normalized spacial score (nSPS) is 10.4. The zero-order chi connectivity index (χ0) is 9.97. The third kappa shape index (κ3) is 2.08. The van der Waals surface area contributed by atoms with Crippen LogP contribution in [0, 0.1) is 0 Å². The van der Waals surface area contributed by atoms with E-state index in [0.29, 0.717) is 5.15 Å². The maximum Gasteiger partial charge on any atom is 0.128 e. The maximum absolute atomic E-state index is 5.90. The standard InChI is InChI=1S/C10H8Cl2N2/c11-9-3-1-8(2-4-9)6-14-7-13-5-10(14)12/h1-5,7H,6H2. The largest absolute Gasteiger partial charge is 0.317 e. The van der Waals surface area contributed by atoms with Gasteiger partial charge in [0.05, 0.1) is 12.5 Å². The van der Waals surface area contributed by atoms with E-state index in [1.54, 1.807) is 12.5 Å². The van der Waals surface area contributed by atoms with Gasteiger partial charge < -0.3 is 4.57 Å². The summed E-state index contributed by atoms with van der Waals surface area (Å²) in [5, 5.41) is 1.38. The molecule has 0 atom stereocenters. The Bertz CT molecular complexity index is 420. The van der Waals surface area contributed by atoms with Crippen molar-refractivity contribution in [3.63, 3.8) is 0 Å². The second-order valence-corrected chi connectivity index (χ2v) is 3.79. The summed E-state index contributed by atoms with van der Waals surface area (Å²) in [4.78, 5) is 3.94. The Balaban J connectivity index is 2.19. The SMILES string of the molecule is Clc1ccc(Cn2cncc2Cl)cc1. The van der Waals surface area contributed by atoms with Crippen LogP contribution in [0.15, 0.2) is 36.8 Å². The van der Waals surface area contributed by atoms with Gasteiger partial charge in [-0.2, -0.15) is 0 Å². The summed E-state index contributed by atoms with van der Waals surface area (Å²) < 4.78 is 1.87. The Morgan fingerprint density at radius 3 is 2.43 bits per heavy atom. The summed E-state index contributed by atoms with van der Waals surface area (Å²) in [6.07, 6.45) is 3.33. The van der Waals surface area contributed by atoms with Gasteiger partial charge in [-0.1, -0.05) is 35.3 Å². The number of rotatable bonds is 2. The fraction of sp³-hybridized carbons (Fsp3) is 0.100. The van der Waals surface area contributed by atoms with E-state index in [2.05, 4.69) is 4.98 Å². The third-order valence-corrected chi connectivity index (χ3v) is 2.49. The molecule has 0 saturated heterocycles. The predicted octanol–water partition coefficient (Wildman–Crippen LogP) is 3.24. The van der Waals surface area contributed by atoms with Crippen molar-refractivity contribution in [2.24, 2.45) is 0 Å². The molecular formula is C10H8Cl2N2. The van der Waals surface area contributed by atoms with Gasteiger partial charge in [0, 0.05) is 11.6 Å². The minimum absolute atomic E-state index is 0.639. The van der Waals surface area contributed by atoms with Gasteiger partial charge in [0.2, 0.25) is 0 Å². The van der Waals surface area contributed by atoms with Gasteiger partial charge in [-0.15, -0.1) is 0 Å². The predicted molar refractivity (Wildman–Crippen MR) is 57.8 cm³/mol. The highest BCUT2D eigenvalue weighted by Gasteiger charge is 1.99. The molecule has 0 radical (unpaired) electrons. The molecule has 0 spiro atoms. The average Bonchev–Trinajstić information content (AvgIpc) is 2.56. The van der Waals surface area contributed by atoms with Crippen LogP contribution in [0.5, 0.6) is 0 Å². The minimum Gasteiger partial charge on any atom is -0.317 e. The van der Waals surface area contributed by atoms with E-state index in [9.17, 15) is 0 Å². The van der Waals surface area contributed by atoms with Gasteiger partial charge in [0.15, 0.2) is 0 Å². The molecule has 2 aromatic rings. The Morgan fingerprint density at radius 2 is 1.86 bits per heavy atom. The van der Waals surface area contributed by atoms with Crippen LogP contribution in [0.3, 0.4) is 0 Å². The van der Waals surface area contributed by atoms with Gasteiger partial charge in [0.1, 0.15) is 5.15 Å². The van der Waals surface area contributed by atoms with Gasteiger partial charge in [-0.3, -0.25) is 0 Å². The Labute approximate surface area is 92.1 Å². The van der Waals surface area contributed by atoms with Crippen LogP contribution in [-0.4, -0.2) is 9.55 Å². The van der Waals surface area contributed by atoms with Crippen molar-refractivity contribution >= 4 is 23.2 Å². The number of halogens is 2. The van der Waals surface area contributed by atoms with Crippen LogP contribution in [0.4, 0.5) is 0 Å². The summed E-state index contributed by atoms with van der Waals surface area (Å²) in [6.45, 7) is 0.718. The summed E-state index contributed by atoms with van der Waals surface area (Å²) in [5.74, 6) is 0. The summed E-state index contributed by atoms with van der Waals surface area (Å²) in [5.41, 5.74) is 1.15. The fourth-order valence-corrected chi connectivity index (χ4v) is 1.49. The molecule has 1 aromatic carbocycles. The molecule has 72 valence electrons. The molecule has 14 heavy (non-hydrogen) atoms. The molecule has 0 aliphatic carbocycles. The second kappa shape index (κ2) is 4.03. The lowest BCUT2D eigenvalue weighted by atomic mass is 10.2. The molecule has 0 aliphatic heterocycles. The van der Waals surface area contributed by atoms with Crippen molar-refractivity contribution in [1.29, 1.82) is 0 Å². The number of hydrogen-bond acceptors (Lipinski definition) is 1. The first kappa shape index (κ1) is 9.56. The first-order chi connectivity index (χ1) is 6.75. The molecule has 1 aromatic heterocycles. The monoisotopic (exact) mass is 226 g/mol. The van der Waals surface area contributed by atoms with Crippen LogP contribution in [0.1, 0.15) is 5.56 Å². The highest BCUT2D eigenvalue weighted by molar-refractivity contribution is 6.30. The molecule has 0 saturated carbocycles. The molecule has 0 fully saturated rings. The lowest BCUT2D eigenvalue weighted by molar-refractivity contribution is 0.798. The zero-order valence-corrected chi connectivity index (χ0v) is 8.83. The number of hydrogen-bond donors (Lipinski definition) is 0. The number of benzene rings is 1. The molecule has 0 amide bonds.